The zero-order valence-corrected chi connectivity index (χ0v) is 19.0. The molecule has 1 aliphatic heterocycles. The van der Waals surface area contributed by atoms with Crippen molar-refractivity contribution >= 4 is 33.3 Å². The van der Waals surface area contributed by atoms with E-state index in [4.69, 9.17) is 0 Å². The molecule has 0 amide bonds. The Morgan fingerprint density at radius 2 is 1.59 bits per heavy atom. The van der Waals surface area contributed by atoms with Gasteiger partial charge in [0.15, 0.2) is 0 Å². The summed E-state index contributed by atoms with van der Waals surface area (Å²) < 4.78 is 31.8. The molecule has 2 aromatic rings. The molecule has 0 radical (unpaired) electrons. The van der Waals surface area contributed by atoms with Crippen LogP contribution in [0, 0.1) is 0 Å². The summed E-state index contributed by atoms with van der Waals surface area (Å²) in [6, 6.07) is 13.0. The van der Waals surface area contributed by atoms with Gasteiger partial charge >= 0.3 is 0 Å². The molecule has 0 aromatic heterocycles. The van der Waals surface area contributed by atoms with Crippen molar-refractivity contribution in [3.8, 4) is 0 Å². The van der Waals surface area contributed by atoms with Crippen LogP contribution in [0.4, 0.5) is 11.4 Å². The monoisotopic (exact) mass is 433 g/mol. The highest BCUT2D eigenvalue weighted by Crippen LogP contribution is 2.51. The SMILES string of the molecule is CCCCc1cccc2c1Sc1cccc(CCCC)c1N2CCCS(=O)(=O)O. The van der Waals surface area contributed by atoms with Gasteiger partial charge < -0.3 is 4.90 Å². The van der Waals surface area contributed by atoms with E-state index in [2.05, 4.69) is 55.1 Å². The summed E-state index contributed by atoms with van der Waals surface area (Å²) in [5, 5.41) is 0. The quantitative estimate of drug-likeness (QED) is 0.449. The fourth-order valence-corrected chi connectivity index (χ4v) is 5.64. The van der Waals surface area contributed by atoms with Crippen LogP contribution in [-0.2, 0) is 23.0 Å². The van der Waals surface area contributed by atoms with E-state index in [1.165, 1.54) is 26.6 Å². The Balaban J connectivity index is 2.02. The lowest BCUT2D eigenvalue weighted by molar-refractivity contribution is 0.481. The van der Waals surface area contributed by atoms with Crippen LogP contribution < -0.4 is 4.90 Å². The third-order valence-corrected chi connectivity index (χ3v) is 7.34. The first-order valence-electron chi connectivity index (χ1n) is 10.6. The number of fused-ring (bicyclic) bond motifs is 2. The second-order valence-corrected chi connectivity index (χ2v) is 10.3. The van der Waals surface area contributed by atoms with Gasteiger partial charge in [-0.05, 0) is 55.4 Å². The summed E-state index contributed by atoms with van der Waals surface area (Å²) >= 11 is 1.84. The van der Waals surface area contributed by atoms with Crippen LogP contribution in [-0.4, -0.2) is 25.3 Å². The zero-order chi connectivity index (χ0) is 20.9. The molecule has 0 aliphatic carbocycles. The third-order valence-electron chi connectivity index (χ3n) is 5.31. The Morgan fingerprint density at radius 1 is 0.931 bits per heavy atom. The number of unbranched alkanes of at least 4 members (excludes halogenated alkanes) is 2. The van der Waals surface area contributed by atoms with Gasteiger partial charge in [0.25, 0.3) is 10.1 Å². The van der Waals surface area contributed by atoms with Crippen molar-refractivity contribution in [3.05, 3.63) is 47.5 Å². The topological polar surface area (TPSA) is 57.6 Å². The lowest BCUT2D eigenvalue weighted by Crippen LogP contribution is -2.25. The van der Waals surface area contributed by atoms with E-state index in [0.717, 1.165) is 44.2 Å². The Labute approximate surface area is 179 Å². The summed E-state index contributed by atoms with van der Waals surface area (Å²) in [6.45, 7) is 4.98. The van der Waals surface area contributed by atoms with E-state index in [0.29, 0.717) is 13.0 Å². The van der Waals surface area contributed by atoms with Crippen molar-refractivity contribution in [1.82, 2.24) is 0 Å². The molecule has 29 heavy (non-hydrogen) atoms. The van der Waals surface area contributed by atoms with Crippen molar-refractivity contribution in [3.63, 3.8) is 0 Å². The molecular formula is C23H31NO3S2. The van der Waals surface area contributed by atoms with Crippen LogP contribution in [0.5, 0.6) is 0 Å². The molecule has 0 spiro atoms. The molecule has 4 nitrogen and oxygen atoms in total. The van der Waals surface area contributed by atoms with Crippen LogP contribution in [0.25, 0.3) is 0 Å². The van der Waals surface area contributed by atoms with Gasteiger partial charge in [-0.1, -0.05) is 62.7 Å². The number of anilines is 2. The van der Waals surface area contributed by atoms with Crippen molar-refractivity contribution < 1.29 is 13.0 Å². The minimum absolute atomic E-state index is 0.214. The lowest BCUT2D eigenvalue weighted by atomic mass is 10.0. The molecule has 1 aliphatic rings. The molecule has 158 valence electrons. The van der Waals surface area contributed by atoms with Crippen molar-refractivity contribution in [1.29, 1.82) is 0 Å². The van der Waals surface area contributed by atoms with Gasteiger partial charge in [-0.15, -0.1) is 0 Å². The van der Waals surface area contributed by atoms with E-state index in [1.807, 2.05) is 11.8 Å². The van der Waals surface area contributed by atoms with Crippen LogP contribution in [0.2, 0.25) is 0 Å². The molecule has 0 fully saturated rings. The maximum atomic E-state index is 11.3. The molecule has 2 aromatic carbocycles. The number of rotatable bonds is 10. The van der Waals surface area contributed by atoms with Gasteiger partial charge in [-0.3, -0.25) is 4.55 Å². The van der Waals surface area contributed by atoms with E-state index < -0.39 is 10.1 Å². The highest BCUT2D eigenvalue weighted by atomic mass is 32.2. The number of para-hydroxylation sites is 1. The van der Waals surface area contributed by atoms with E-state index in [9.17, 15) is 13.0 Å². The molecule has 1 heterocycles. The Hall–Kier alpha value is -1.50. The number of benzene rings is 2. The molecule has 0 atom stereocenters. The van der Waals surface area contributed by atoms with E-state index in [-0.39, 0.29) is 5.75 Å². The minimum Gasteiger partial charge on any atom is -0.339 e. The summed E-state index contributed by atoms with van der Waals surface area (Å²) in [5.74, 6) is -0.214. The number of hydrogen-bond acceptors (Lipinski definition) is 4. The van der Waals surface area contributed by atoms with Gasteiger partial charge in [0.05, 0.1) is 17.1 Å². The lowest BCUT2D eigenvalue weighted by Gasteiger charge is -2.35. The highest BCUT2D eigenvalue weighted by molar-refractivity contribution is 7.99. The van der Waals surface area contributed by atoms with Crippen molar-refractivity contribution in [2.24, 2.45) is 0 Å². The van der Waals surface area contributed by atoms with Crippen LogP contribution in [0.15, 0.2) is 46.2 Å². The molecule has 1 N–H and O–H groups in total. The average Bonchev–Trinajstić information content (AvgIpc) is 2.69. The first kappa shape index (κ1) is 22.2. The summed E-state index contributed by atoms with van der Waals surface area (Å²) in [7, 11) is -3.96. The largest absolute Gasteiger partial charge is 0.339 e. The fraction of sp³-hybridized carbons (Fsp3) is 0.478. The Bertz CT molecular complexity index is 941. The normalized spacial score (nSPS) is 13.3. The van der Waals surface area contributed by atoms with Crippen LogP contribution in [0.3, 0.4) is 0 Å². The first-order chi connectivity index (χ1) is 13.9. The molecule has 6 heteroatoms. The molecule has 3 rings (SSSR count). The van der Waals surface area contributed by atoms with Gasteiger partial charge in [0, 0.05) is 16.3 Å². The van der Waals surface area contributed by atoms with Gasteiger partial charge in [0.1, 0.15) is 0 Å². The van der Waals surface area contributed by atoms with Gasteiger partial charge in [0.2, 0.25) is 0 Å². The van der Waals surface area contributed by atoms with E-state index >= 15 is 0 Å². The number of aryl methyl sites for hydroxylation is 2. The predicted octanol–water partition coefficient (Wildman–Crippen LogP) is 6.25. The standard InChI is InChI=1S/C23H31NO3S2/c1-3-5-10-18-12-8-15-21-22(18)24(16-9-17-29(25,26)27)20-14-7-13-19(11-6-4-2)23(20)28-21/h7-8,12-15H,3-6,9-11,16-17H2,1-2H3,(H,25,26,27). The summed E-state index contributed by atoms with van der Waals surface area (Å²) in [4.78, 5) is 4.81. The fourth-order valence-electron chi connectivity index (χ4n) is 3.86. The second kappa shape index (κ2) is 10.0. The highest BCUT2D eigenvalue weighted by Gasteiger charge is 2.27. The number of hydrogen-bond donors (Lipinski definition) is 1. The predicted molar refractivity (Wildman–Crippen MR) is 122 cm³/mol. The van der Waals surface area contributed by atoms with Crippen molar-refractivity contribution in [2.75, 3.05) is 17.2 Å². The molecule has 0 bridgehead atoms. The first-order valence-corrected chi connectivity index (χ1v) is 13.0. The van der Waals surface area contributed by atoms with Crippen LogP contribution >= 0.6 is 11.8 Å². The smallest absolute Gasteiger partial charge is 0.264 e. The number of nitrogens with zero attached hydrogens (tertiary/aromatic N) is 1. The van der Waals surface area contributed by atoms with Gasteiger partial charge in [-0.2, -0.15) is 8.42 Å². The minimum atomic E-state index is -3.96. The maximum Gasteiger partial charge on any atom is 0.264 e. The Kier molecular flexibility index (Phi) is 7.66. The summed E-state index contributed by atoms with van der Waals surface area (Å²) in [5.41, 5.74) is 5.05. The van der Waals surface area contributed by atoms with Crippen LogP contribution in [0.1, 0.15) is 57.1 Å². The second-order valence-electron chi connectivity index (χ2n) is 7.63. The maximum absolute atomic E-state index is 11.3. The average molecular weight is 434 g/mol. The summed E-state index contributed by atoms with van der Waals surface area (Å²) in [6.07, 6.45) is 7.04. The molecule has 0 unspecified atom stereocenters. The molecule has 0 saturated carbocycles. The van der Waals surface area contributed by atoms with E-state index in [1.54, 1.807) is 0 Å². The van der Waals surface area contributed by atoms with Gasteiger partial charge in [-0.25, -0.2) is 0 Å². The van der Waals surface area contributed by atoms with Crippen molar-refractivity contribution in [2.45, 2.75) is 68.6 Å². The Morgan fingerprint density at radius 3 is 2.28 bits per heavy atom. The third kappa shape index (κ3) is 5.56. The zero-order valence-electron chi connectivity index (χ0n) is 17.4. The molecule has 0 saturated heterocycles. The molecular weight excluding hydrogens is 402 g/mol.